The van der Waals surface area contributed by atoms with Crippen LogP contribution in [0, 0.1) is 45.8 Å². The fourth-order valence-electron chi connectivity index (χ4n) is 12.3. The molecule has 4 heterocycles. The van der Waals surface area contributed by atoms with Gasteiger partial charge in [-0.2, -0.15) is 0 Å². The summed E-state index contributed by atoms with van der Waals surface area (Å²) in [7, 11) is 2.12. The number of carbonyl (C=O) groups is 2. The summed E-state index contributed by atoms with van der Waals surface area (Å²) in [4.78, 5) is 46.3. The molecule has 3 aromatic rings. The first kappa shape index (κ1) is 36.2. The summed E-state index contributed by atoms with van der Waals surface area (Å²) in [5.74, 6) is 0.321. The van der Waals surface area contributed by atoms with Crippen molar-refractivity contribution >= 4 is 12.3 Å². The summed E-state index contributed by atoms with van der Waals surface area (Å²) in [6, 6.07) is 18.3. The Morgan fingerprint density at radius 1 is 0.906 bits per heavy atom. The number of aromatic nitrogens is 3. The van der Waals surface area contributed by atoms with Crippen molar-refractivity contribution in [2.24, 2.45) is 45.8 Å². The van der Waals surface area contributed by atoms with Gasteiger partial charge < -0.3 is 14.6 Å². The molecular weight excluding hydrogens is 663 g/mol. The average Bonchev–Trinajstić information content (AvgIpc) is 3.88. The maximum atomic E-state index is 14.0. The highest BCUT2D eigenvalue weighted by Gasteiger charge is 2.86. The second-order valence-corrected chi connectivity index (χ2v) is 17.3. The number of allylic oxidation sites excluding steroid dienone is 1. The number of carboxylic acids is 1. The first-order chi connectivity index (χ1) is 25.6. The minimum absolute atomic E-state index is 0.00695. The zero-order valence-electron chi connectivity index (χ0n) is 31.7. The quantitative estimate of drug-likeness (QED) is 0.140. The molecule has 3 aromatic heterocycles. The number of rotatable bonds is 14. The summed E-state index contributed by atoms with van der Waals surface area (Å²) in [6.45, 7) is 10.0. The maximum absolute atomic E-state index is 14.0. The normalized spacial score (nSPS) is 34.2. The van der Waals surface area contributed by atoms with E-state index in [0.29, 0.717) is 44.4 Å². The summed E-state index contributed by atoms with van der Waals surface area (Å²) < 4.78 is 7.08. The molecule has 9 nitrogen and oxygen atoms in total. The minimum atomic E-state index is -1.19. The van der Waals surface area contributed by atoms with E-state index in [-0.39, 0.29) is 30.0 Å². The third-order valence-corrected chi connectivity index (χ3v) is 14.1. The van der Waals surface area contributed by atoms with Crippen molar-refractivity contribution in [1.82, 2.24) is 24.8 Å². The molecule has 53 heavy (non-hydrogen) atoms. The number of nitrogens with zero attached hydrogens (tertiary/aromatic N) is 5. The van der Waals surface area contributed by atoms with Crippen LogP contribution >= 0.6 is 0 Å². The van der Waals surface area contributed by atoms with Crippen molar-refractivity contribution in [3.63, 3.8) is 0 Å². The summed E-state index contributed by atoms with van der Waals surface area (Å²) in [6.07, 6.45) is 12.1. The smallest absolute Gasteiger partial charge is 0.315 e. The number of fused-ring (bicyclic) bond motifs is 2. The van der Waals surface area contributed by atoms with Crippen LogP contribution in [0.5, 0.6) is 0 Å². The van der Waals surface area contributed by atoms with Crippen molar-refractivity contribution in [2.45, 2.75) is 97.7 Å². The third kappa shape index (κ3) is 5.80. The van der Waals surface area contributed by atoms with E-state index in [2.05, 4.69) is 84.0 Å². The van der Waals surface area contributed by atoms with Crippen LogP contribution in [0.4, 0.5) is 0 Å². The fraction of sp³-hybridized carbons (Fsp3) is 0.568. The van der Waals surface area contributed by atoms with Crippen molar-refractivity contribution < 1.29 is 19.4 Å². The number of likely N-dealkylation sites (N-methyl/N-ethyl adjacent to an activating group) is 1. The molecule has 8 rings (SSSR count). The van der Waals surface area contributed by atoms with E-state index in [9.17, 15) is 14.7 Å². The van der Waals surface area contributed by atoms with Gasteiger partial charge in [0.25, 0.3) is 0 Å². The van der Waals surface area contributed by atoms with Gasteiger partial charge in [-0.25, -0.2) is 0 Å². The van der Waals surface area contributed by atoms with Gasteiger partial charge in [0.05, 0.1) is 40.4 Å². The Morgan fingerprint density at radius 2 is 1.57 bits per heavy atom. The Balaban J connectivity index is 0.977. The number of aldehydes is 1. The van der Waals surface area contributed by atoms with Gasteiger partial charge >= 0.3 is 5.97 Å². The number of carboxylic acid groups (broad SMARTS) is 1. The van der Waals surface area contributed by atoms with Crippen molar-refractivity contribution in [1.29, 1.82) is 0 Å². The third-order valence-electron chi connectivity index (χ3n) is 14.1. The molecule has 1 saturated heterocycles. The molecule has 3 saturated carbocycles. The van der Waals surface area contributed by atoms with Gasteiger partial charge in [0.1, 0.15) is 11.7 Å². The number of pyridine rings is 3. The number of hydrogen-bond donors (Lipinski definition) is 1. The Bertz CT molecular complexity index is 1800. The maximum Gasteiger partial charge on any atom is 0.315 e. The molecule has 280 valence electrons. The van der Waals surface area contributed by atoms with Crippen LogP contribution in [-0.4, -0.2) is 67.9 Å². The molecule has 4 bridgehead atoms. The van der Waals surface area contributed by atoms with Crippen molar-refractivity contribution in [3.05, 3.63) is 101 Å². The minimum Gasteiger partial charge on any atom is -0.481 e. The molecular formula is C44H55N5O4. The lowest BCUT2D eigenvalue weighted by Gasteiger charge is -2.60. The van der Waals surface area contributed by atoms with Crippen LogP contribution in [0.15, 0.2) is 78.6 Å². The standard InChI is InChI=1S/C44H55N5O4/c1-29(2)39-20-31-21-42(28-50)38-16-14-30(3)37(38)22-43(31,44(39,42)41(51)52)40-17-15-36(53-40)27-48(4)23-34-12-9-13-35(47-34)26-49(24-32-10-5-7-18-45-32)25-33-11-6-8-19-46-33/h5-13,18-20,28-31,36-38,40H,14-17,21-27H2,1-4H3,(H,51,52)/t30-,31?,36?,37-,38-,40?,42?,43?,44?/m1/s1. The number of aliphatic carboxylic acids is 1. The molecule has 1 aliphatic heterocycles. The van der Waals surface area contributed by atoms with Gasteiger partial charge in [-0.15, -0.1) is 0 Å². The van der Waals surface area contributed by atoms with Crippen LogP contribution in [0.3, 0.4) is 0 Å². The number of hydrogen-bond acceptors (Lipinski definition) is 8. The van der Waals surface area contributed by atoms with Crippen LogP contribution < -0.4 is 0 Å². The van der Waals surface area contributed by atoms with Crippen molar-refractivity contribution in [3.8, 4) is 0 Å². The van der Waals surface area contributed by atoms with Gasteiger partial charge in [-0.05, 0) is 105 Å². The van der Waals surface area contributed by atoms with E-state index < -0.39 is 22.2 Å². The largest absolute Gasteiger partial charge is 0.481 e. The molecule has 0 spiro atoms. The summed E-state index contributed by atoms with van der Waals surface area (Å²) in [5, 5.41) is 11.4. The summed E-state index contributed by atoms with van der Waals surface area (Å²) >= 11 is 0. The molecule has 9 atom stereocenters. The number of carbonyl (C=O) groups excluding carboxylic acids is 1. The zero-order valence-corrected chi connectivity index (χ0v) is 31.7. The molecule has 9 heteroatoms. The van der Waals surface area contributed by atoms with E-state index in [4.69, 9.17) is 9.72 Å². The Kier molecular flexibility index (Phi) is 9.65. The highest BCUT2D eigenvalue weighted by Crippen LogP contribution is 2.84. The van der Waals surface area contributed by atoms with Crippen LogP contribution in [-0.2, 0) is 40.5 Å². The Hall–Kier alpha value is -3.79. The summed E-state index contributed by atoms with van der Waals surface area (Å²) in [5.41, 5.74) is 2.37. The van der Waals surface area contributed by atoms with Crippen LogP contribution in [0.25, 0.3) is 0 Å². The topological polar surface area (TPSA) is 109 Å². The molecule has 6 unspecified atom stereocenters. The fourth-order valence-corrected chi connectivity index (χ4v) is 12.3. The highest BCUT2D eigenvalue weighted by molar-refractivity contribution is 5.90. The molecule has 4 fully saturated rings. The van der Waals surface area contributed by atoms with E-state index >= 15 is 0 Å². The Labute approximate surface area is 314 Å². The molecule has 5 aliphatic rings. The second kappa shape index (κ2) is 14.1. The lowest BCUT2D eigenvalue weighted by molar-refractivity contribution is -0.197. The predicted octanol–water partition coefficient (Wildman–Crippen LogP) is 6.98. The molecule has 0 amide bonds. The van der Waals surface area contributed by atoms with Crippen molar-refractivity contribution in [2.75, 3.05) is 13.6 Å². The van der Waals surface area contributed by atoms with E-state index in [1.54, 1.807) is 0 Å². The van der Waals surface area contributed by atoms with Gasteiger partial charge in [-0.3, -0.25) is 29.5 Å². The molecule has 0 radical (unpaired) electrons. The number of ether oxygens (including phenoxy) is 1. The van der Waals surface area contributed by atoms with Crippen LogP contribution in [0.2, 0.25) is 0 Å². The van der Waals surface area contributed by atoms with Crippen LogP contribution in [0.1, 0.15) is 82.1 Å². The predicted molar refractivity (Wildman–Crippen MR) is 202 cm³/mol. The van der Waals surface area contributed by atoms with E-state index in [0.717, 1.165) is 73.3 Å². The van der Waals surface area contributed by atoms with Gasteiger partial charge in [0.15, 0.2) is 0 Å². The van der Waals surface area contributed by atoms with E-state index in [1.165, 1.54) is 0 Å². The first-order valence-corrected chi connectivity index (χ1v) is 19.8. The van der Waals surface area contributed by atoms with Gasteiger partial charge in [0, 0.05) is 50.5 Å². The molecule has 1 N–H and O–H groups in total. The Morgan fingerprint density at radius 3 is 2.19 bits per heavy atom. The average molecular weight is 718 g/mol. The molecule has 0 aromatic carbocycles. The zero-order chi connectivity index (χ0) is 37.0. The monoisotopic (exact) mass is 717 g/mol. The highest BCUT2D eigenvalue weighted by atomic mass is 16.5. The lowest BCUT2D eigenvalue weighted by atomic mass is 9.41. The molecule has 4 aliphatic carbocycles. The second-order valence-electron chi connectivity index (χ2n) is 17.3. The van der Waals surface area contributed by atoms with E-state index in [1.807, 2.05) is 36.7 Å². The van der Waals surface area contributed by atoms with Gasteiger partial charge in [-0.1, -0.05) is 57.0 Å². The first-order valence-electron chi connectivity index (χ1n) is 19.8. The van der Waals surface area contributed by atoms with Gasteiger partial charge in [0.2, 0.25) is 0 Å². The SMILES string of the molecule is CC(C)C1=CC2CC3(C=O)[C@@H]4CC[C@@H](C)[C@H]4CC2(C2CCC(CN(C)Cc4cccc(CN(Cc5ccccn5)Cc5ccccn5)n4)O2)C13C(=O)O. The lowest BCUT2D eigenvalue weighted by Crippen LogP contribution is -2.65.